The van der Waals surface area contributed by atoms with Gasteiger partial charge in [-0.3, -0.25) is 4.90 Å². The van der Waals surface area contributed by atoms with E-state index in [4.69, 9.17) is 11.6 Å². The lowest BCUT2D eigenvalue weighted by atomic mass is 9.95. The highest BCUT2D eigenvalue weighted by Crippen LogP contribution is 2.25. The Balaban J connectivity index is 1.79. The standard InChI is InChI=1S/C17H26BrClN2/c1-17(2,3)20-11-13-6-8-21(9-7-13)12-14-4-5-15(18)10-16(14)19/h4-5,10,13,20H,6-9,11-12H2,1-3H3. The summed E-state index contributed by atoms with van der Waals surface area (Å²) in [5.41, 5.74) is 1.45. The van der Waals surface area contributed by atoms with Crippen LogP contribution in [0.25, 0.3) is 0 Å². The molecule has 2 nitrogen and oxygen atoms in total. The van der Waals surface area contributed by atoms with Gasteiger partial charge >= 0.3 is 0 Å². The third kappa shape index (κ3) is 5.90. The van der Waals surface area contributed by atoms with Gasteiger partial charge < -0.3 is 5.32 Å². The molecule has 0 aliphatic carbocycles. The van der Waals surface area contributed by atoms with Crippen LogP contribution in [0.1, 0.15) is 39.2 Å². The van der Waals surface area contributed by atoms with E-state index in [-0.39, 0.29) is 5.54 Å². The molecule has 1 aromatic rings. The Bertz CT molecular complexity index is 462. The van der Waals surface area contributed by atoms with Crippen molar-refractivity contribution in [2.24, 2.45) is 5.92 Å². The molecule has 1 aliphatic rings. The zero-order valence-corrected chi connectivity index (χ0v) is 15.6. The first-order chi connectivity index (χ1) is 9.83. The Morgan fingerprint density at radius 3 is 2.52 bits per heavy atom. The molecule has 1 aromatic carbocycles. The van der Waals surface area contributed by atoms with Crippen LogP contribution in [-0.2, 0) is 6.54 Å². The van der Waals surface area contributed by atoms with E-state index in [1.165, 1.54) is 31.5 Å². The summed E-state index contributed by atoms with van der Waals surface area (Å²) in [7, 11) is 0. The lowest BCUT2D eigenvalue weighted by molar-refractivity contribution is 0.170. The molecule has 1 N–H and O–H groups in total. The first-order valence-corrected chi connectivity index (χ1v) is 8.92. The second-order valence-corrected chi connectivity index (χ2v) is 8.41. The number of halogens is 2. The number of nitrogens with zero attached hydrogens (tertiary/aromatic N) is 1. The van der Waals surface area contributed by atoms with Crippen LogP contribution in [0.2, 0.25) is 5.02 Å². The molecule has 0 spiro atoms. The van der Waals surface area contributed by atoms with E-state index in [1.807, 2.05) is 6.07 Å². The second-order valence-electron chi connectivity index (χ2n) is 7.09. The minimum absolute atomic E-state index is 0.224. The number of hydrogen-bond acceptors (Lipinski definition) is 2. The molecule has 1 heterocycles. The van der Waals surface area contributed by atoms with Gasteiger partial charge in [-0.25, -0.2) is 0 Å². The third-order valence-electron chi connectivity index (χ3n) is 4.04. The predicted octanol–water partition coefficient (Wildman–Crippen LogP) is 4.70. The van der Waals surface area contributed by atoms with Gasteiger partial charge in [0.25, 0.3) is 0 Å². The van der Waals surface area contributed by atoms with Crippen LogP contribution in [0, 0.1) is 5.92 Å². The largest absolute Gasteiger partial charge is 0.312 e. The van der Waals surface area contributed by atoms with Gasteiger partial charge in [-0.15, -0.1) is 0 Å². The summed E-state index contributed by atoms with van der Waals surface area (Å²) in [6.07, 6.45) is 2.55. The summed E-state index contributed by atoms with van der Waals surface area (Å²) < 4.78 is 1.04. The summed E-state index contributed by atoms with van der Waals surface area (Å²) in [6, 6.07) is 6.18. The summed E-state index contributed by atoms with van der Waals surface area (Å²) in [5, 5.41) is 4.49. The SMILES string of the molecule is CC(C)(C)NCC1CCN(Cc2ccc(Br)cc2Cl)CC1. The monoisotopic (exact) mass is 372 g/mol. The van der Waals surface area contributed by atoms with E-state index in [0.717, 1.165) is 28.5 Å². The molecular formula is C17H26BrClN2. The molecule has 1 fully saturated rings. The highest BCUT2D eigenvalue weighted by Gasteiger charge is 2.21. The van der Waals surface area contributed by atoms with Crippen molar-refractivity contribution in [2.45, 2.75) is 45.7 Å². The van der Waals surface area contributed by atoms with Gasteiger partial charge in [0.15, 0.2) is 0 Å². The molecule has 21 heavy (non-hydrogen) atoms. The minimum Gasteiger partial charge on any atom is -0.312 e. The molecule has 0 aromatic heterocycles. The van der Waals surface area contributed by atoms with Gasteiger partial charge in [-0.05, 0) is 76.9 Å². The fourth-order valence-electron chi connectivity index (χ4n) is 2.69. The maximum atomic E-state index is 6.31. The average molecular weight is 374 g/mol. The molecule has 118 valence electrons. The number of rotatable bonds is 4. The topological polar surface area (TPSA) is 15.3 Å². The Hall–Kier alpha value is -0.0900. The molecule has 0 unspecified atom stereocenters. The van der Waals surface area contributed by atoms with Crippen LogP contribution in [-0.4, -0.2) is 30.1 Å². The number of nitrogens with one attached hydrogen (secondary N) is 1. The third-order valence-corrected chi connectivity index (χ3v) is 4.88. The van der Waals surface area contributed by atoms with Crippen molar-refractivity contribution in [3.8, 4) is 0 Å². The highest BCUT2D eigenvalue weighted by atomic mass is 79.9. The van der Waals surface area contributed by atoms with Crippen molar-refractivity contribution < 1.29 is 0 Å². The Kier molecular flexibility index (Phi) is 6.13. The predicted molar refractivity (Wildman–Crippen MR) is 94.9 cm³/mol. The van der Waals surface area contributed by atoms with Crippen molar-refractivity contribution in [3.05, 3.63) is 33.3 Å². The maximum absolute atomic E-state index is 6.31. The van der Waals surface area contributed by atoms with Crippen LogP contribution in [0.5, 0.6) is 0 Å². The quantitative estimate of drug-likeness (QED) is 0.822. The number of likely N-dealkylation sites (tertiary alicyclic amines) is 1. The van der Waals surface area contributed by atoms with E-state index < -0.39 is 0 Å². The molecular weight excluding hydrogens is 348 g/mol. The lowest BCUT2D eigenvalue weighted by Crippen LogP contribution is -2.42. The summed E-state index contributed by atoms with van der Waals surface area (Å²) in [4.78, 5) is 2.52. The fourth-order valence-corrected chi connectivity index (χ4v) is 3.42. The van der Waals surface area contributed by atoms with Crippen molar-refractivity contribution in [3.63, 3.8) is 0 Å². The summed E-state index contributed by atoms with van der Waals surface area (Å²) in [6.45, 7) is 11.1. The van der Waals surface area contributed by atoms with Crippen molar-refractivity contribution in [2.75, 3.05) is 19.6 Å². The second kappa shape index (κ2) is 7.45. The van der Waals surface area contributed by atoms with Crippen LogP contribution in [0.4, 0.5) is 0 Å². The summed E-state index contributed by atoms with van der Waals surface area (Å²) >= 11 is 9.77. The molecule has 1 aliphatic heterocycles. The van der Waals surface area contributed by atoms with Crippen molar-refractivity contribution in [1.29, 1.82) is 0 Å². The Labute approximate surface area is 142 Å². The summed E-state index contributed by atoms with van der Waals surface area (Å²) in [5.74, 6) is 0.806. The molecule has 0 amide bonds. The molecule has 1 saturated heterocycles. The number of benzene rings is 1. The van der Waals surface area contributed by atoms with E-state index in [9.17, 15) is 0 Å². The fraction of sp³-hybridized carbons (Fsp3) is 0.647. The smallest absolute Gasteiger partial charge is 0.0462 e. The minimum atomic E-state index is 0.224. The van der Waals surface area contributed by atoms with Gasteiger partial charge in [-0.1, -0.05) is 33.6 Å². The maximum Gasteiger partial charge on any atom is 0.0462 e. The van der Waals surface area contributed by atoms with Crippen molar-refractivity contribution in [1.82, 2.24) is 10.2 Å². The Morgan fingerprint density at radius 2 is 1.95 bits per heavy atom. The van der Waals surface area contributed by atoms with Gasteiger partial charge in [0.1, 0.15) is 0 Å². The first kappa shape index (κ1) is 17.3. The molecule has 0 bridgehead atoms. The van der Waals surface area contributed by atoms with E-state index in [1.54, 1.807) is 0 Å². The lowest BCUT2D eigenvalue weighted by Gasteiger charge is -2.34. The first-order valence-electron chi connectivity index (χ1n) is 7.75. The normalized spacial score (nSPS) is 18.1. The van der Waals surface area contributed by atoms with Gasteiger partial charge in [0.05, 0.1) is 0 Å². The number of hydrogen-bond donors (Lipinski definition) is 1. The molecule has 0 radical (unpaired) electrons. The molecule has 4 heteroatoms. The van der Waals surface area contributed by atoms with E-state index in [2.05, 4.69) is 59.1 Å². The average Bonchev–Trinajstić information content (AvgIpc) is 2.40. The van der Waals surface area contributed by atoms with Crippen molar-refractivity contribution >= 4 is 27.5 Å². The zero-order chi connectivity index (χ0) is 15.5. The number of piperidine rings is 1. The van der Waals surface area contributed by atoms with Gasteiger partial charge in [-0.2, -0.15) is 0 Å². The van der Waals surface area contributed by atoms with E-state index >= 15 is 0 Å². The molecule has 2 rings (SSSR count). The molecule has 0 atom stereocenters. The van der Waals surface area contributed by atoms with Crippen LogP contribution >= 0.6 is 27.5 Å². The van der Waals surface area contributed by atoms with E-state index in [0.29, 0.717) is 0 Å². The van der Waals surface area contributed by atoms with Crippen LogP contribution in [0.3, 0.4) is 0 Å². The highest BCUT2D eigenvalue weighted by molar-refractivity contribution is 9.10. The Morgan fingerprint density at radius 1 is 1.29 bits per heavy atom. The van der Waals surface area contributed by atoms with Crippen LogP contribution < -0.4 is 5.32 Å². The van der Waals surface area contributed by atoms with Crippen LogP contribution in [0.15, 0.2) is 22.7 Å². The zero-order valence-electron chi connectivity index (χ0n) is 13.3. The van der Waals surface area contributed by atoms with Gasteiger partial charge in [0.2, 0.25) is 0 Å². The molecule has 0 saturated carbocycles. The van der Waals surface area contributed by atoms with Gasteiger partial charge in [0, 0.05) is 21.6 Å².